The van der Waals surface area contributed by atoms with E-state index in [1.54, 1.807) is 4.90 Å². The van der Waals surface area contributed by atoms with Crippen LogP contribution in [0, 0.1) is 11.3 Å². The van der Waals surface area contributed by atoms with Gasteiger partial charge in [0.1, 0.15) is 0 Å². The lowest BCUT2D eigenvalue weighted by atomic mass is 9.91. The molecule has 1 unspecified atom stereocenters. The van der Waals surface area contributed by atoms with Crippen molar-refractivity contribution in [3.8, 4) is 0 Å². The Bertz CT molecular complexity index is 718. The van der Waals surface area contributed by atoms with Crippen LogP contribution in [0.3, 0.4) is 0 Å². The molecule has 2 aliphatic heterocycles. The van der Waals surface area contributed by atoms with E-state index in [4.69, 9.17) is 0 Å². The van der Waals surface area contributed by atoms with E-state index in [9.17, 15) is 14.4 Å². The third-order valence-corrected chi connectivity index (χ3v) is 5.41. The molecule has 1 aromatic carbocycles. The highest BCUT2D eigenvalue weighted by molar-refractivity contribution is 5.89. The molecule has 2 aliphatic rings. The van der Waals surface area contributed by atoms with Gasteiger partial charge < -0.3 is 14.7 Å². The number of carbonyl (C=O) groups excluding carboxylic acids is 3. The number of hydrogen-bond acceptors (Lipinski definition) is 3. The van der Waals surface area contributed by atoms with Crippen LogP contribution in [-0.4, -0.2) is 65.1 Å². The summed E-state index contributed by atoms with van der Waals surface area (Å²) in [5, 5.41) is 0. The fourth-order valence-electron chi connectivity index (χ4n) is 3.89. The minimum Gasteiger partial charge on any atom is -0.339 e. The summed E-state index contributed by atoms with van der Waals surface area (Å²) in [5.74, 6) is -0.0225. The fraction of sp³-hybridized carbons (Fsp3) is 0.591. The number of benzene rings is 1. The quantitative estimate of drug-likeness (QED) is 0.798. The predicted molar refractivity (Wildman–Crippen MR) is 107 cm³/mol. The van der Waals surface area contributed by atoms with Gasteiger partial charge >= 0.3 is 0 Å². The number of piperazine rings is 1. The summed E-state index contributed by atoms with van der Waals surface area (Å²) in [5.41, 5.74) is 1.05. The van der Waals surface area contributed by atoms with E-state index in [0.29, 0.717) is 45.7 Å². The van der Waals surface area contributed by atoms with Crippen molar-refractivity contribution < 1.29 is 14.4 Å². The Hall–Kier alpha value is -2.37. The molecule has 0 bridgehead atoms. The van der Waals surface area contributed by atoms with E-state index >= 15 is 0 Å². The third kappa shape index (κ3) is 5.12. The van der Waals surface area contributed by atoms with Crippen LogP contribution in [0.25, 0.3) is 0 Å². The maximum atomic E-state index is 12.9. The average molecular weight is 386 g/mol. The summed E-state index contributed by atoms with van der Waals surface area (Å²) in [6.07, 6.45) is 0.807. The lowest BCUT2D eigenvalue weighted by Crippen LogP contribution is -2.52. The van der Waals surface area contributed by atoms with Gasteiger partial charge in [-0.3, -0.25) is 14.4 Å². The Morgan fingerprint density at radius 3 is 2.21 bits per heavy atom. The summed E-state index contributed by atoms with van der Waals surface area (Å²) >= 11 is 0. The van der Waals surface area contributed by atoms with Crippen LogP contribution >= 0.6 is 0 Å². The Labute approximate surface area is 167 Å². The Morgan fingerprint density at radius 1 is 1.00 bits per heavy atom. The monoisotopic (exact) mass is 385 g/mol. The van der Waals surface area contributed by atoms with Crippen molar-refractivity contribution in [3.05, 3.63) is 35.9 Å². The summed E-state index contributed by atoms with van der Waals surface area (Å²) in [6.45, 7) is 9.48. The second-order valence-electron chi connectivity index (χ2n) is 9.10. The highest BCUT2D eigenvalue weighted by Crippen LogP contribution is 2.24. The number of carbonyl (C=O) groups is 3. The number of nitrogens with zero attached hydrogens (tertiary/aromatic N) is 3. The molecule has 1 aromatic rings. The van der Waals surface area contributed by atoms with Crippen LogP contribution in [0.15, 0.2) is 30.3 Å². The molecule has 152 valence electrons. The Kier molecular flexibility index (Phi) is 6.06. The molecule has 2 fully saturated rings. The van der Waals surface area contributed by atoms with Crippen LogP contribution in [0.5, 0.6) is 0 Å². The van der Waals surface area contributed by atoms with Crippen LogP contribution in [0.1, 0.15) is 39.2 Å². The van der Waals surface area contributed by atoms with Gasteiger partial charge in [0.05, 0.1) is 5.92 Å². The molecule has 3 rings (SSSR count). The van der Waals surface area contributed by atoms with E-state index in [2.05, 4.69) is 20.8 Å². The van der Waals surface area contributed by atoms with E-state index in [1.165, 1.54) is 0 Å². The second-order valence-corrected chi connectivity index (χ2v) is 9.10. The van der Waals surface area contributed by atoms with E-state index < -0.39 is 0 Å². The van der Waals surface area contributed by atoms with Crippen molar-refractivity contribution in [2.24, 2.45) is 11.3 Å². The first-order valence-corrected chi connectivity index (χ1v) is 10.1. The van der Waals surface area contributed by atoms with Gasteiger partial charge in [0.25, 0.3) is 0 Å². The zero-order chi connectivity index (χ0) is 20.3. The fourth-order valence-corrected chi connectivity index (χ4v) is 3.89. The van der Waals surface area contributed by atoms with Crippen molar-refractivity contribution in [1.82, 2.24) is 14.7 Å². The standard InChI is InChI=1S/C22H31N3O3/c1-22(2,3)14-20(27)23-9-11-24(12-10-23)21(28)18-13-19(26)25(16-18)15-17-7-5-4-6-8-17/h4-8,18H,9-16H2,1-3H3. The van der Waals surface area contributed by atoms with Gasteiger partial charge in [0, 0.05) is 52.1 Å². The SMILES string of the molecule is CC(C)(C)CC(=O)N1CCN(C(=O)C2CC(=O)N(Cc3ccccc3)C2)CC1. The van der Waals surface area contributed by atoms with Gasteiger partial charge in [-0.1, -0.05) is 51.1 Å². The summed E-state index contributed by atoms with van der Waals surface area (Å²) in [7, 11) is 0. The van der Waals surface area contributed by atoms with Gasteiger partial charge in [0.15, 0.2) is 0 Å². The Morgan fingerprint density at radius 2 is 1.61 bits per heavy atom. The molecule has 0 aliphatic carbocycles. The topological polar surface area (TPSA) is 60.9 Å². The molecule has 3 amide bonds. The molecule has 0 radical (unpaired) electrons. The first-order valence-electron chi connectivity index (χ1n) is 10.1. The van der Waals surface area contributed by atoms with Gasteiger partial charge in [-0.25, -0.2) is 0 Å². The average Bonchev–Trinajstić information content (AvgIpc) is 3.01. The number of likely N-dealkylation sites (tertiary alicyclic amines) is 1. The van der Waals surface area contributed by atoms with Crippen molar-refractivity contribution in [1.29, 1.82) is 0 Å². The van der Waals surface area contributed by atoms with Crippen LogP contribution in [0.2, 0.25) is 0 Å². The summed E-state index contributed by atoms with van der Waals surface area (Å²) in [6, 6.07) is 9.86. The number of rotatable bonds is 4. The van der Waals surface area contributed by atoms with Gasteiger partial charge in [-0.05, 0) is 11.0 Å². The molecule has 6 heteroatoms. The Balaban J connectivity index is 1.50. The van der Waals surface area contributed by atoms with Gasteiger partial charge in [-0.2, -0.15) is 0 Å². The molecule has 28 heavy (non-hydrogen) atoms. The molecule has 0 spiro atoms. The lowest BCUT2D eigenvalue weighted by Gasteiger charge is -2.37. The molecule has 0 saturated carbocycles. The van der Waals surface area contributed by atoms with Crippen molar-refractivity contribution in [2.45, 2.75) is 40.2 Å². The van der Waals surface area contributed by atoms with E-state index in [0.717, 1.165) is 5.56 Å². The highest BCUT2D eigenvalue weighted by atomic mass is 16.2. The van der Waals surface area contributed by atoms with E-state index in [-0.39, 0.29) is 35.5 Å². The molecule has 1 atom stereocenters. The zero-order valence-corrected chi connectivity index (χ0v) is 17.2. The summed E-state index contributed by atoms with van der Waals surface area (Å²) in [4.78, 5) is 43.1. The zero-order valence-electron chi connectivity index (χ0n) is 17.2. The van der Waals surface area contributed by atoms with Gasteiger partial charge in [-0.15, -0.1) is 0 Å². The van der Waals surface area contributed by atoms with E-state index in [1.807, 2.05) is 40.1 Å². The first-order chi connectivity index (χ1) is 13.2. The number of amides is 3. The first kappa shape index (κ1) is 20.4. The largest absolute Gasteiger partial charge is 0.339 e. The maximum Gasteiger partial charge on any atom is 0.228 e. The molecule has 0 N–H and O–H groups in total. The minimum absolute atomic E-state index is 0.0313. The van der Waals surface area contributed by atoms with Crippen molar-refractivity contribution >= 4 is 17.7 Å². The predicted octanol–water partition coefficient (Wildman–Crippen LogP) is 2.14. The normalized spacial score (nSPS) is 20.6. The molecular weight excluding hydrogens is 354 g/mol. The van der Waals surface area contributed by atoms with Gasteiger partial charge in [0.2, 0.25) is 17.7 Å². The van der Waals surface area contributed by atoms with Crippen molar-refractivity contribution in [3.63, 3.8) is 0 Å². The lowest BCUT2D eigenvalue weighted by molar-refractivity contribution is -0.142. The maximum absolute atomic E-state index is 12.9. The molecular formula is C22H31N3O3. The summed E-state index contributed by atoms with van der Waals surface area (Å²) < 4.78 is 0. The third-order valence-electron chi connectivity index (χ3n) is 5.41. The second kappa shape index (κ2) is 8.33. The highest BCUT2D eigenvalue weighted by Gasteiger charge is 2.37. The van der Waals surface area contributed by atoms with Crippen molar-refractivity contribution in [2.75, 3.05) is 32.7 Å². The molecule has 2 heterocycles. The smallest absolute Gasteiger partial charge is 0.228 e. The molecule has 0 aromatic heterocycles. The molecule has 2 saturated heterocycles. The van der Waals surface area contributed by atoms with Crippen LogP contribution in [-0.2, 0) is 20.9 Å². The minimum atomic E-state index is -0.270. The number of hydrogen-bond donors (Lipinski definition) is 0. The van der Waals surface area contributed by atoms with Crippen LogP contribution < -0.4 is 0 Å². The van der Waals surface area contributed by atoms with Crippen LogP contribution in [0.4, 0.5) is 0 Å². The molecule has 6 nitrogen and oxygen atoms in total.